The summed E-state index contributed by atoms with van der Waals surface area (Å²) in [5.41, 5.74) is 1.30. The molecule has 0 aromatic heterocycles. The third-order valence-corrected chi connectivity index (χ3v) is 5.58. The Balaban J connectivity index is 1.81. The molecule has 3 aromatic carbocycles. The van der Waals surface area contributed by atoms with Crippen LogP contribution in [-0.2, 0) is 14.3 Å². The van der Waals surface area contributed by atoms with Crippen LogP contribution in [0.5, 0.6) is 5.75 Å². The Morgan fingerprint density at radius 3 is 2.53 bits per heavy atom. The zero-order chi connectivity index (χ0) is 24.3. The average molecular weight is 484 g/mol. The minimum atomic E-state index is -0.681. The fourth-order valence-corrected chi connectivity index (χ4v) is 3.72. The van der Waals surface area contributed by atoms with Gasteiger partial charge in [-0.2, -0.15) is 12.6 Å². The number of amides is 1. The van der Waals surface area contributed by atoms with Crippen LogP contribution in [0.2, 0.25) is 0 Å². The number of esters is 1. The second-order valence-corrected chi connectivity index (χ2v) is 8.05. The van der Waals surface area contributed by atoms with E-state index in [9.17, 15) is 14.7 Å². The fraction of sp³-hybridized carbons (Fsp3) is 0.308. The van der Waals surface area contributed by atoms with Crippen LogP contribution in [0.15, 0.2) is 66.7 Å². The number of aliphatic hydroxyl groups is 1. The Bertz CT molecular complexity index is 1100. The molecule has 2 N–H and O–H groups in total. The predicted molar refractivity (Wildman–Crippen MR) is 134 cm³/mol. The van der Waals surface area contributed by atoms with Gasteiger partial charge in [-0.25, -0.2) is 4.79 Å². The molecule has 3 aromatic rings. The van der Waals surface area contributed by atoms with Crippen molar-refractivity contribution in [3.8, 4) is 5.75 Å². The highest BCUT2D eigenvalue weighted by atomic mass is 32.1. The van der Waals surface area contributed by atoms with Gasteiger partial charge >= 0.3 is 12.1 Å². The molecule has 0 radical (unpaired) electrons. The van der Waals surface area contributed by atoms with Gasteiger partial charge in [0.1, 0.15) is 18.5 Å². The minimum absolute atomic E-state index is 0.000416. The van der Waals surface area contributed by atoms with Crippen molar-refractivity contribution in [2.24, 2.45) is 5.92 Å². The van der Waals surface area contributed by atoms with Crippen molar-refractivity contribution in [3.05, 3.63) is 72.3 Å². The molecule has 0 heterocycles. The average Bonchev–Trinajstić information content (AvgIpc) is 2.86. The highest BCUT2D eigenvalue weighted by molar-refractivity contribution is 7.81. The number of carbonyl (C=O) groups is 2. The molecule has 1 amide bonds. The molecule has 0 unspecified atom stereocenters. The van der Waals surface area contributed by atoms with Crippen molar-refractivity contribution in [1.82, 2.24) is 0 Å². The zero-order valence-corrected chi connectivity index (χ0v) is 19.9. The summed E-state index contributed by atoms with van der Waals surface area (Å²) in [7, 11) is 0. The number of hydrogen-bond donors (Lipinski definition) is 3. The molecule has 3 rings (SSSR count). The third-order valence-electron chi connectivity index (χ3n) is 5.32. The van der Waals surface area contributed by atoms with E-state index >= 15 is 0 Å². The van der Waals surface area contributed by atoms with Crippen molar-refractivity contribution in [2.45, 2.75) is 19.4 Å². The summed E-state index contributed by atoms with van der Waals surface area (Å²) in [4.78, 5) is 24.4. The molecule has 0 aliphatic heterocycles. The topological polar surface area (TPSA) is 94.1 Å². The lowest BCUT2D eigenvalue weighted by Gasteiger charge is -2.26. The van der Waals surface area contributed by atoms with E-state index in [1.807, 2.05) is 67.6 Å². The van der Waals surface area contributed by atoms with Crippen molar-refractivity contribution < 1.29 is 28.9 Å². The van der Waals surface area contributed by atoms with Crippen LogP contribution >= 0.6 is 12.6 Å². The molecule has 0 fully saturated rings. The van der Waals surface area contributed by atoms with Crippen LogP contribution in [-0.4, -0.2) is 42.7 Å². The molecule has 7 nitrogen and oxygen atoms in total. The van der Waals surface area contributed by atoms with Gasteiger partial charge in [0.2, 0.25) is 0 Å². The molecule has 0 aliphatic carbocycles. The number of ether oxygens (including phenoxy) is 3. The van der Waals surface area contributed by atoms with Crippen molar-refractivity contribution in [1.29, 1.82) is 0 Å². The maximum Gasteiger partial charge on any atom is 0.412 e. The summed E-state index contributed by atoms with van der Waals surface area (Å²) < 4.78 is 16.7. The molecule has 0 bridgehead atoms. The normalized spacial score (nSPS) is 12.6. The van der Waals surface area contributed by atoms with Crippen molar-refractivity contribution in [3.63, 3.8) is 0 Å². The molecule has 34 heavy (non-hydrogen) atoms. The van der Waals surface area contributed by atoms with Gasteiger partial charge in [0.05, 0.1) is 24.7 Å². The standard InChI is InChI=1S/C26H29NO6S/c1-18(13-15-32-24(29)17-34)25(21-10-4-5-12-23(21)31-16-14-28)33-26(30)27-22-11-6-8-19-7-2-3-9-20(19)22/h2-12,18,25,28,34H,13-17H2,1H3,(H,27,30)/t18-,25+/m1/s1. The monoisotopic (exact) mass is 483 g/mol. The van der Waals surface area contributed by atoms with Gasteiger partial charge < -0.3 is 19.3 Å². The van der Waals surface area contributed by atoms with E-state index in [-0.39, 0.29) is 31.5 Å². The first kappa shape index (κ1) is 25.4. The molecule has 2 atom stereocenters. The Morgan fingerprint density at radius 1 is 1.00 bits per heavy atom. The second kappa shape index (κ2) is 12.9. The van der Waals surface area contributed by atoms with E-state index in [0.29, 0.717) is 23.4 Å². The molecule has 0 aliphatic rings. The van der Waals surface area contributed by atoms with Gasteiger partial charge in [0.15, 0.2) is 0 Å². The van der Waals surface area contributed by atoms with E-state index in [4.69, 9.17) is 14.2 Å². The molecule has 0 saturated heterocycles. The first-order valence-electron chi connectivity index (χ1n) is 11.1. The lowest BCUT2D eigenvalue weighted by molar-refractivity contribution is -0.141. The predicted octanol–water partition coefficient (Wildman–Crippen LogP) is 5.00. The van der Waals surface area contributed by atoms with Gasteiger partial charge in [0, 0.05) is 16.9 Å². The number of hydrogen-bond acceptors (Lipinski definition) is 7. The highest BCUT2D eigenvalue weighted by Gasteiger charge is 2.27. The van der Waals surface area contributed by atoms with Crippen LogP contribution in [0.1, 0.15) is 25.0 Å². The van der Waals surface area contributed by atoms with Crippen LogP contribution in [0.4, 0.5) is 10.5 Å². The maximum atomic E-state index is 13.0. The number of carbonyl (C=O) groups excluding carboxylic acids is 2. The first-order chi connectivity index (χ1) is 16.5. The van der Waals surface area contributed by atoms with Crippen LogP contribution < -0.4 is 10.1 Å². The largest absolute Gasteiger partial charge is 0.491 e. The number of thiol groups is 1. The molecule has 0 spiro atoms. The Kier molecular flexibility index (Phi) is 9.61. The van der Waals surface area contributed by atoms with Gasteiger partial charge in [0.25, 0.3) is 0 Å². The summed E-state index contributed by atoms with van der Waals surface area (Å²) >= 11 is 3.91. The second-order valence-electron chi connectivity index (χ2n) is 7.73. The molecule has 8 heteroatoms. The molecule has 180 valence electrons. The SMILES string of the molecule is C[C@H](CCOC(=O)CS)[C@H](OC(=O)Nc1cccc2ccccc12)c1ccccc1OCCO. The lowest BCUT2D eigenvalue weighted by atomic mass is 9.94. The lowest BCUT2D eigenvalue weighted by Crippen LogP contribution is -2.24. The Hall–Kier alpha value is -3.23. The van der Waals surface area contributed by atoms with E-state index in [2.05, 4.69) is 17.9 Å². The number of anilines is 1. The molecule has 0 saturated carbocycles. The van der Waals surface area contributed by atoms with E-state index in [0.717, 1.165) is 10.8 Å². The fourth-order valence-electron chi connectivity index (χ4n) is 3.63. The summed E-state index contributed by atoms with van der Waals surface area (Å²) in [6.07, 6.45) is -0.836. The van der Waals surface area contributed by atoms with Crippen LogP contribution in [0, 0.1) is 5.92 Å². The first-order valence-corrected chi connectivity index (χ1v) is 11.7. The summed E-state index contributed by atoms with van der Waals surface area (Å²) in [5.74, 6) is -0.100. The van der Waals surface area contributed by atoms with Gasteiger partial charge in [-0.05, 0) is 23.9 Å². The molecular formula is C26H29NO6S. The number of aliphatic hydroxyl groups excluding tert-OH is 1. The summed E-state index contributed by atoms with van der Waals surface area (Å²) in [5, 5.41) is 13.9. The number of fused-ring (bicyclic) bond motifs is 1. The number of para-hydroxylation sites is 1. The number of benzene rings is 3. The van der Waals surface area contributed by atoms with Gasteiger partial charge in [-0.3, -0.25) is 10.1 Å². The zero-order valence-electron chi connectivity index (χ0n) is 19.0. The van der Waals surface area contributed by atoms with Crippen molar-refractivity contribution >= 4 is 41.2 Å². The Labute approximate surface area is 204 Å². The van der Waals surface area contributed by atoms with E-state index in [1.54, 1.807) is 6.07 Å². The molecular weight excluding hydrogens is 454 g/mol. The number of nitrogens with one attached hydrogen (secondary N) is 1. The third kappa shape index (κ3) is 6.88. The van der Waals surface area contributed by atoms with Gasteiger partial charge in [-0.15, -0.1) is 0 Å². The quantitative estimate of drug-likeness (QED) is 0.263. The Morgan fingerprint density at radius 2 is 1.74 bits per heavy atom. The van der Waals surface area contributed by atoms with Crippen LogP contribution in [0.25, 0.3) is 10.8 Å². The van der Waals surface area contributed by atoms with Gasteiger partial charge in [-0.1, -0.05) is 61.5 Å². The minimum Gasteiger partial charge on any atom is -0.491 e. The summed E-state index contributed by atoms with van der Waals surface area (Å²) in [6, 6.07) is 20.6. The van der Waals surface area contributed by atoms with Crippen LogP contribution in [0.3, 0.4) is 0 Å². The number of rotatable bonds is 11. The maximum absolute atomic E-state index is 13.0. The summed E-state index contributed by atoms with van der Waals surface area (Å²) in [6.45, 7) is 2.05. The smallest absolute Gasteiger partial charge is 0.412 e. The highest BCUT2D eigenvalue weighted by Crippen LogP contribution is 2.35. The van der Waals surface area contributed by atoms with Crippen molar-refractivity contribution in [2.75, 3.05) is 30.9 Å². The van der Waals surface area contributed by atoms with E-state index in [1.165, 1.54) is 0 Å². The van der Waals surface area contributed by atoms with E-state index < -0.39 is 18.2 Å².